The fraction of sp³-hybridized carbons (Fsp3) is 0.200. The van der Waals surface area contributed by atoms with E-state index in [1.54, 1.807) is 18.0 Å². The second kappa shape index (κ2) is 5.85. The van der Waals surface area contributed by atoms with Crippen LogP contribution in [0.4, 0.5) is 5.69 Å². The van der Waals surface area contributed by atoms with E-state index >= 15 is 0 Å². The highest BCUT2D eigenvalue weighted by Gasteiger charge is 2.31. The molecule has 1 fully saturated rings. The molecule has 2 aromatic rings. The fourth-order valence-electron chi connectivity index (χ4n) is 2.23. The van der Waals surface area contributed by atoms with Gasteiger partial charge in [0.25, 0.3) is 0 Å². The van der Waals surface area contributed by atoms with Gasteiger partial charge in [0.1, 0.15) is 5.37 Å². The summed E-state index contributed by atoms with van der Waals surface area (Å²) < 4.78 is 0. The number of carbonyl (C=O) groups is 1. The lowest BCUT2D eigenvalue weighted by atomic mass is 10.2. The van der Waals surface area contributed by atoms with Crippen LogP contribution in [0.15, 0.2) is 48.8 Å². The lowest BCUT2D eigenvalue weighted by Crippen LogP contribution is -2.37. The van der Waals surface area contributed by atoms with Gasteiger partial charge in [0.05, 0.1) is 0 Å². The summed E-state index contributed by atoms with van der Waals surface area (Å²) in [4.78, 5) is 18.3. The Labute approximate surface area is 127 Å². The average Bonchev–Trinajstić information content (AvgIpc) is 2.49. The number of amides is 1. The normalized spacial score (nSPS) is 19.1. The molecule has 1 aliphatic heterocycles. The van der Waals surface area contributed by atoms with Crippen molar-refractivity contribution < 1.29 is 4.79 Å². The van der Waals surface area contributed by atoms with Crippen molar-refractivity contribution in [1.29, 1.82) is 0 Å². The van der Waals surface area contributed by atoms with Crippen molar-refractivity contribution in [3.63, 3.8) is 0 Å². The minimum Gasteiger partial charge on any atom is -0.296 e. The van der Waals surface area contributed by atoms with E-state index in [0.29, 0.717) is 11.4 Å². The molecule has 1 saturated heterocycles. The number of hydrogen-bond acceptors (Lipinski definition) is 3. The SMILES string of the molecule is O=C1CCSC(c2cccnc2)N1c1ccc(Cl)cc1. The van der Waals surface area contributed by atoms with Crippen LogP contribution < -0.4 is 4.90 Å². The van der Waals surface area contributed by atoms with E-state index in [4.69, 9.17) is 11.6 Å². The van der Waals surface area contributed by atoms with Gasteiger partial charge in [-0.1, -0.05) is 17.7 Å². The van der Waals surface area contributed by atoms with Crippen LogP contribution in [0.2, 0.25) is 5.02 Å². The molecular formula is C15H13ClN2OS. The first-order valence-corrected chi connectivity index (χ1v) is 7.77. The Hall–Kier alpha value is -1.52. The van der Waals surface area contributed by atoms with Gasteiger partial charge in [0.15, 0.2) is 0 Å². The van der Waals surface area contributed by atoms with Gasteiger partial charge in [-0.25, -0.2) is 0 Å². The van der Waals surface area contributed by atoms with E-state index in [2.05, 4.69) is 4.98 Å². The number of aromatic nitrogens is 1. The molecule has 1 unspecified atom stereocenters. The van der Waals surface area contributed by atoms with E-state index in [9.17, 15) is 4.79 Å². The molecule has 1 aromatic carbocycles. The molecule has 0 radical (unpaired) electrons. The Morgan fingerprint density at radius 1 is 1.25 bits per heavy atom. The summed E-state index contributed by atoms with van der Waals surface area (Å²) in [6.45, 7) is 0. The zero-order valence-corrected chi connectivity index (χ0v) is 12.3. The van der Waals surface area contributed by atoms with Crippen molar-refractivity contribution >= 4 is 35.0 Å². The maximum absolute atomic E-state index is 12.3. The van der Waals surface area contributed by atoms with Crippen molar-refractivity contribution in [2.75, 3.05) is 10.7 Å². The number of thioether (sulfide) groups is 1. The molecule has 1 amide bonds. The third-order valence-electron chi connectivity index (χ3n) is 3.17. The van der Waals surface area contributed by atoms with Crippen LogP contribution in [-0.2, 0) is 4.79 Å². The summed E-state index contributed by atoms with van der Waals surface area (Å²) in [5, 5.41) is 0.648. The molecular weight excluding hydrogens is 292 g/mol. The molecule has 0 bridgehead atoms. The predicted octanol–water partition coefficient (Wildman–Crippen LogP) is 3.90. The minimum atomic E-state index is -0.0221. The number of halogens is 1. The first kappa shape index (κ1) is 13.5. The quantitative estimate of drug-likeness (QED) is 0.843. The van der Waals surface area contributed by atoms with Crippen molar-refractivity contribution in [1.82, 2.24) is 4.98 Å². The Balaban J connectivity index is 1.99. The first-order chi connectivity index (χ1) is 9.75. The van der Waals surface area contributed by atoms with E-state index in [1.165, 1.54) is 0 Å². The zero-order valence-electron chi connectivity index (χ0n) is 10.7. The van der Waals surface area contributed by atoms with Crippen molar-refractivity contribution in [2.24, 2.45) is 0 Å². The van der Waals surface area contributed by atoms with E-state index in [1.807, 2.05) is 47.5 Å². The van der Waals surface area contributed by atoms with E-state index < -0.39 is 0 Å². The number of benzene rings is 1. The monoisotopic (exact) mass is 304 g/mol. The Morgan fingerprint density at radius 3 is 2.75 bits per heavy atom. The Kier molecular flexibility index (Phi) is 3.94. The van der Waals surface area contributed by atoms with Gasteiger partial charge in [-0.2, -0.15) is 0 Å². The number of pyridine rings is 1. The molecule has 20 heavy (non-hydrogen) atoms. The molecule has 5 heteroatoms. The van der Waals surface area contributed by atoms with Crippen LogP contribution in [0.5, 0.6) is 0 Å². The van der Waals surface area contributed by atoms with Crippen molar-refractivity contribution in [3.8, 4) is 0 Å². The van der Waals surface area contributed by atoms with Crippen molar-refractivity contribution in [3.05, 3.63) is 59.4 Å². The van der Waals surface area contributed by atoms with Crippen LogP contribution in [-0.4, -0.2) is 16.6 Å². The summed E-state index contributed by atoms with van der Waals surface area (Å²) in [6, 6.07) is 11.3. The summed E-state index contributed by atoms with van der Waals surface area (Å²) >= 11 is 7.68. The maximum atomic E-state index is 12.3. The summed E-state index contributed by atoms with van der Waals surface area (Å²) in [7, 11) is 0. The third kappa shape index (κ3) is 2.67. The van der Waals surface area contributed by atoms with E-state index in [0.717, 1.165) is 17.0 Å². The lowest BCUT2D eigenvalue weighted by Gasteiger charge is -2.35. The van der Waals surface area contributed by atoms with Crippen LogP contribution >= 0.6 is 23.4 Å². The van der Waals surface area contributed by atoms with Gasteiger partial charge < -0.3 is 0 Å². The smallest absolute Gasteiger partial charge is 0.229 e. The Morgan fingerprint density at radius 2 is 2.05 bits per heavy atom. The molecule has 2 heterocycles. The number of rotatable bonds is 2. The second-order valence-electron chi connectivity index (χ2n) is 4.50. The van der Waals surface area contributed by atoms with Gasteiger partial charge in [-0.15, -0.1) is 11.8 Å². The molecule has 3 rings (SSSR count). The summed E-state index contributed by atoms with van der Waals surface area (Å²) in [5.74, 6) is 0.975. The van der Waals surface area contributed by atoms with E-state index in [-0.39, 0.29) is 11.3 Å². The summed E-state index contributed by atoms with van der Waals surface area (Å²) in [6.07, 6.45) is 4.12. The number of hydrogen-bond donors (Lipinski definition) is 0. The Bertz CT molecular complexity index is 603. The average molecular weight is 305 g/mol. The lowest BCUT2D eigenvalue weighted by molar-refractivity contribution is -0.118. The molecule has 0 spiro atoms. The predicted molar refractivity (Wildman–Crippen MR) is 83.0 cm³/mol. The highest BCUT2D eigenvalue weighted by atomic mass is 35.5. The maximum Gasteiger partial charge on any atom is 0.229 e. The number of nitrogens with zero attached hydrogens (tertiary/aromatic N) is 2. The highest BCUT2D eigenvalue weighted by Crippen LogP contribution is 2.40. The molecule has 1 aromatic heterocycles. The van der Waals surface area contributed by atoms with Crippen LogP contribution in [0.3, 0.4) is 0 Å². The molecule has 1 atom stereocenters. The molecule has 102 valence electrons. The summed E-state index contributed by atoms with van der Waals surface area (Å²) in [5.41, 5.74) is 1.92. The fourth-order valence-corrected chi connectivity index (χ4v) is 3.59. The standard InChI is InChI=1S/C15H13ClN2OS/c16-12-3-5-13(6-4-12)18-14(19)7-9-20-15(18)11-2-1-8-17-10-11/h1-6,8,10,15H,7,9H2. The molecule has 0 saturated carbocycles. The third-order valence-corrected chi connectivity index (χ3v) is 4.66. The minimum absolute atomic E-state index is 0.0221. The first-order valence-electron chi connectivity index (χ1n) is 6.35. The van der Waals surface area contributed by atoms with Gasteiger partial charge >= 0.3 is 0 Å². The van der Waals surface area contributed by atoms with Crippen LogP contribution in [0.25, 0.3) is 0 Å². The zero-order chi connectivity index (χ0) is 13.9. The molecule has 1 aliphatic rings. The highest BCUT2D eigenvalue weighted by molar-refractivity contribution is 7.99. The second-order valence-corrected chi connectivity index (χ2v) is 6.12. The molecule has 0 aliphatic carbocycles. The number of carbonyl (C=O) groups excluding carboxylic acids is 1. The largest absolute Gasteiger partial charge is 0.296 e. The molecule has 3 nitrogen and oxygen atoms in total. The molecule has 0 N–H and O–H groups in total. The van der Waals surface area contributed by atoms with Crippen LogP contribution in [0.1, 0.15) is 17.4 Å². The van der Waals surface area contributed by atoms with Crippen molar-refractivity contribution in [2.45, 2.75) is 11.8 Å². The topological polar surface area (TPSA) is 33.2 Å². The van der Waals surface area contributed by atoms with Gasteiger partial charge in [0, 0.05) is 40.8 Å². The van der Waals surface area contributed by atoms with Gasteiger partial charge in [-0.3, -0.25) is 14.7 Å². The van der Waals surface area contributed by atoms with Gasteiger partial charge in [0.2, 0.25) is 5.91 Å². The van der Waals surface area contributed by atoms with Crippen LogP contribution in [0, 0.1) is 0 Å². The number of anilines is 1. The van der Waals surface area contributed by atoms with Gasteiger partial charge in [-0.05, 0) is 30.3 Å².